The zero-order valence-corrected chi connectivity index (χ0v) is 9.68. The Morgan fingerprint density at radius 3 is 1.00 bits per heavy atom. The topological polar surface area (TPSA) is 23.8 Å². The van der Waals surface area contributed by atoms with Crippen LogP contribution in [0.3, 0.4) is 0 Å². The largest absolute Gasteiger partial charge is 1.00 e. The molecule has 0 N–H and O–H groups in total. The summed E-state index contributed by atoms with van der Waals surface area (Å²) in [5, 5.41) is 7.32. The second-order valence-corrected chi connectivity index (χ2v) is 3.10. The van der Waals surface area contributed by atoms with Crippen LogP contribution in [0.2, 0.25) is 0 Å². The van der Waals surface area contributed by atoms with Gasteiger partial charge in [-0.3, -0.25) is 0 Å². The minimum absolute atomic E-state index is 0. The van der Waals surface area contributed by atoms with E-state index in [4.69, 9.17) is 5.26 Å². The van der Waals surface area contributed by atoms with Gasteiger partial charge in [-0.25, -0.2) is 0 Å². The summed E-state index contributed by atoms with van der Waals surface area (Å²) in [7, 11) is -10.7. The molecule has 9 heteroatoms. The van der Waals surface area contributed by atoms with Gasteiger partial charge in [0, 0.05) is 6.92 Å². The van der Waals surface area contributed by atoms with Crippen LogP contribution in [-0.4, -0.2) is 0 Å². The second kappa shape index (κ2) is 3.90. The summed E-state index contributed by atoms with van der Waals surface area (Å²) in [5.74, 6) is 0. The van der Waals surface area contributed by atoms with Gasteiger partial charge in [0.25, 0.3) is 0 Å². The van der Waals surface area contributed by atoms with E-state index in [-0.39, 0.29) is 51.4 Å². The van der Waals surface area contributed by atoms with Gasteiger partial charge >= 0.3 is 84.4 Å². The molecule has 0 rings (SSSR count). The number of hydrogen-bond acceptors (Lipinski definition) is 1. The third-order valence-electron chi connectivity index (χ3n) is 0. The van der Waals surface area contributed by atoms with E-state index in [1.54, 1.807) is 6.07 Å². The maximum absolute atomic E-state index is 10.7. The fraction of sp³-hybridized carbons (Fsp3) is 0.500. The van der Waals surface area contributed by atoms with Crippen LogP contribution in [0.4, 0.5) is 25.2 Å². The minimum atomic E-state index is -10.7. The summed E-state index contributed by atoms with van der Waals surface area (Å²) in [6, 6.07) is 1.75. The molecule has 0 aromatic carbocycles. The van der Waals surface area contributed by atoms with Gasteiger partial charge < -0.3 is 0 Å². The Morgan fingerprint density at radius 2 is 1.00 bits per heavy atom. The summed E-state index contributed by atoms with van der Waals surface area (Å²) in [6.45, 7) is 1.43. The van der Waals surface area contributed by atoms with E-state index in [1.165, 1.54) is 6.92 Å². The first-order chi connectivity index (χ1) is 3.86. The predicted octanol–water partition coefficient (Wildman–Crippen LogP) is 0.916. The van der Waals surface area contributed by atoms with Crippen molar-refractivity contribution in [1.29, 1.82) is 5.26 Å². The molecule has 0 saturated heterocycles. The molecule has 0 heterocycles. The first kappa shape index (κ1) is 18.0. The second-order valence-electron chi connectivity index (χ2n) is 1.18. The molecule has 0 aliphatic carbocycles. The van der Waals surface area contributed by atoms with E-state index >= 15 is 0 Å². The monoisotopic (exact) mass is 225 g/mol. The normalized spacial score (nSPS) is 15.5. The third kappa shape index (κ3) is 720. The Kier molecular flexibility index (Phi) is 6.39. The zero-order chi connectivity index (χ0) is 9.12. The molecule has 0 atom stereocenters. The van der Waals surface area contributed by atoms with Crippen molar-refractivity contribution >= 4 is 7.81 Å². The van der Waals surface area contributed by atoms with E-state index in [1.807, 2.05) is 0 Å². The molecule has 0 aliphatic rings. The molecule has 0 spiro atoms. The van der Waals surface area contributed by atoms with Crippen LogP contribution in [0, 0.1) is 11.3 Å². The first-order valence-electron chi connectivity index (χ1n) is 1.74. The molecule has 0 bridgehead atoms. The molecule has 0 aromatic heterocycles. The SMILES string of the molecule is CC#N.F[P-](F)(F)(F)(F)F.[K+]. The summed E-state index contributed by atoms with van der Waals surface area (Å²) in [5.41, 5.74) is 0. The van der Waals surface area contributed by atoms with Crippen LogP contribution in [-0.2, 0) is 0 Å². The molecule has 0 saturated carbocycles. The van der Waals surface area contributed by atoms with Gasteiger partial charge in [-0.2, -0.15) is 5.26 Å². The van der Waals surface area contributed by atoms with E-state index in [0.717, 1.165) is 0 Å². The van der Waals surface area contributed by atoms with Gasteiger partial charge in [0.15, 0.2) is 0 Å². The van der Waals surface area contributed by atoms with Gasteiger partial charge in [0.05, 0.1) is 6.07 Å². The number of rotatable bonds is 0. The van der Waals surface area contributed by atoms with Gasteiger partial charge in [-0.05, 0) is 0 Å². The van der Waals surface area contributed by atoms with Crippen LogP contribution < -0.4 is 51.4 Å². The third-order valence-corrected chi connectivity index (χ3v) is 0. The van der Waals surface area contributed by atoms with E-state index < -0.39 is 7.81 Å². The molecule has 0 unspecified atom stereocenters. The molecule has 0 radical (unpaired) electrons. The van der Waals surface area contributed by atoms with E-state index in [2.05, 4.69) is 0 Å². The summed E-state index contributed by atoms with van der Waals surface area (Å²) >= 11 is 0. The minimum Gasteiger partial charge on any atom is 1.00 e. The van der Waals surface area contributed by atoms with Crippen LogP contribution in [0.25, 0.3) is 0 Å². The molecule has 11 heavy (non-hydrogen) atoms. The predicted molar refractivity (Wildman–Crippen MR) is 24.9 cm³/mol. The number of nitriles is 1. The van der Waals surface area contributed by atoms with Gasteiger partial charge in [-0.15, -0.1) is 0 Å². The van der Waals surface area contributed by atoms with Crippen molar-refractivity contribution < 1.29 is 76.6 Å². The molecular weight excluding hydrogens is 222 g/mol. The molecule has 0 aliphatic heterocycles. The Labute approximate surface area is 101 Å². The Hall–Kier alpha value is 1.14. The van der Waals surface area contributed by atoms with Gasteiger partial charge in [-0.1, -0.05) is 0 Å². The van der Waals surface area contributed by atoms with Crippen molar-refractivity contribution in [3.63, 3.8) is 0 Å². The van der Waals surface area contributed by atoms with Crippen molar-refractivity contribution in [2.24, 2.45) is 0 Å². The van der Waals surface area contributed by atoms with Gasteiger partial charge in [0.1, 0.15) is 0 Å². The summed E-state index contributed by atoms with van der Waals surface area (Å²) < 4.78 is 59.2. The van der Waals surface area contributed by atoms with Crippen LogP contribution in [0.5, 0.6) is 0 Å². The van der Waals surface area contributed by atoms with E-state index in [9.17, 15) is 25.2 Å². The first-order valence-corrected chi connectivity index (χ1v) is 3.77. The smallest absolute Gasteiger partial charge is 1.00 e. The van der Waals surface area contributed by atoms with Crippen LogP contribution >= 0.6 is 7.81 Å². The standard InChI is InChI=1S/C2H3N.F6P.K/c1-2-3;1-7(2,3,4,5)6;/h1H3;;/q;-1;+1. The van der Waals surface area contributed by atoms with Crippen LogP contribution in [0.15, 0.2) is 0 Å². The maximum atomic E-state index is 9.87. The Bertz CT molecular complexity index is 137. The fourth-order valence-electron chi connectivity index (χ4n) is 0. The molecule has 0 aromatic rings. The van der Waals surface area contributed by atoms with Crippen molar-refractivity contribution in [3.8, 4) is 6.07 Å². The van der Waals surface area contributed by atoms with Gasteiger partial charge in [0.2, 0.25) is 0 Å². The molecule has 1 nitrogen and oxygen atoms in total. The van der Waals surface area contributed by atoms with Crippen molar-refractivity contribution in [2.75, 3.05) is 0 Å². The molecule has 0 amide bonds. The summed E-state index contributed by atoms with van der Waals surface area (Å²) in [4.78, 5) is 0. The van der Waals surface area contributed by atoms with Crippen molar-refractivity contribution in [1.82, 2.24) is 0 Å². The van der Waals surface area contributed by atoms with Crippen molar-refractivity contribution in [2.45, 2.75) is 6.92 Å². The fourth-order valence-corrected chi connectivity index (χ4v) is 0. The quantitative estimate of drug-likeness (QED) is 0.341. The van der Waals surface area contributed by atoms with E-state index in [0.29, 0.717) is 0 Å². The zero-order valence-electron chi connectivity index (χ0n) is 5.66. The Balaban J connectivity index is -0.000000140. The number of nitrogens with zero attached hydrogens (tertiary/aromatic N) is 1. The maximum Gasteiger partial charge on any atom is 1.00 e. The number of hydrogen-bond donors (Lipinski definition) is 0. The Morgan fingerprint density at radius 1 is 1.00 bits per heavy atom. The summed E-state index contributed by atoms with van der Waals surface area (Å²) in [6.07, 6.45) is 0. The molecular formula is C2H3F6KNP. The van der Waals surface area contributed by atoms with Crippen molar-refractivity contribution in [3.05, 3.63) is 0 Å². The number of halogens is 6. The molecule has 0 fully saturated rings. The van der Waals surface area contributed by atoms with Crippen LogP contribution in [0.1, 0.15) is 6.92 Å². The molecule has 64 valence electrons. The average Bonchev–Trinajstić information content (AvgIpc) is 1.20. The average molecular weight is 225 g/mol.